The van der Waals surface area contributed by atoms with Gasteiger partial charge in [-0.15, -0.1) is 0 Å². The van der Waals surface area contributed by atoms with Crippen molar-refractivity contribution in [1.82, 2.24) is 5.32 Å². The van der Waals surface area contributed by atoms with Crippen LogP contribution in [-0.4, -0.2) is 12.5 Å². The molecule has 0 radical (unpaired) electrons. The van der Waals surface area contributed by atoms with Gasteiger partial charge in [-0.1, -0.05) is 12.1 Å². The summed E-state index contributed by atoms with van der Waals surface area (Å²) in [4.78, 5) is 11.1. The lowest BCUT2D eigenvalue weighted by molar-refractivity contribution is -0.114. The minimum Gasteiger partial charge on any atom is -0.326 e. The van der Waals surface area contributed by atoms with E-state index in [1.165, 1.54) is 6.92 Å². The van der Waals surface area contributed by atoms with Gasteiger partial charge in [-0.05, 0) is 42.9 Å². The van der Waals surface area contributed by atoms with Crippen LogP contribution >= 0.6 is 0 Å². The summed E-state index contributed by atoms with van der Waals surface area (Å²) in [6.07, 6.45) is 2.93. The summed E-state index contributed by atoms with van der Waals surface area (Å²) in [6, 6.07) is 10.4. The van der Waals surface area contributed by atoms with E-state index in [1.54, 1.807) is 0 Å². The van der Waals surface area contributed by atoms with Gasteiger partial charge < -0.3 is 10.6 Å². The predicted molar refractivity (Wildman–Crippen MR) is 79.1 cm³/mol. The summed E-state index contributed by atoms with van der Waals surface area (Å²) in [5, 5.41) is 15.1. The Bertz CT molecular complexity index is 529. The Morgan fingerprint density at radius 2 is 2.25 bits per heavy atom. The van der Waals surface area contributed by atoms with Gasteiger partial charge in [0.2, 0.25) is 5.91 Å². The molecule has 0 heterocycles. The van der Waals surface area contributed by atoms with Gasteiger partial charge >= 0.3 is 0 Å². The number of carbonyl (C=O) groups excluding carboxylic acids is 1. The summed E-state index contributed by atoms with van der Waals surface area (Å²) in [7, 11) is 0. The van der Waals surface area contributed by atoms with Crippen molar-refractivity contribution in [3.8, 4) is 6.07 Å². The van der Waals surface area contributed by atoms with Crippen LogP contribution in [0.25, 0.3) is 0 Å². The lowest BCUT2D eigenvalue weighted by atomic mass is 10.0. The highest BCUT2D eigenvalue weighted by atomic mass is 16.1. The molecule has 1 fully saturated rings. The van der Waals surface area contributed by atoms with E-state index in [0.717, 1.165) is 30.6 Å². The van der Waals surface area contributed by atoms with Crippen LogP contribution in [0.3, 0.4) is 0 Å². The summed E-state index contributed by atoms with van der Waals surface area (Å²) in [5.74, 6) is -0.0614. The molecule has 4 nitrogen and oxygen atoms in total. The van der Waals surface area contributed by atoms with Gasteiger partial charge in [0.25, 0.3) is 0 Å². The number of hydrogen-bond acceptors (Lipinski definition) is 3. The average Bonchev–Trinajstić information content (AvgIpc) is 3.16. The molecule has 0 aromatic heterocycles. The zero-order valence-corrected chi connectivity index (χ0v) is 12.1. The first-order valence-corrected chi connectivity index (χ1v) is 7.03. The summed E-state index contributed by atoms with van der Waals surface area (Å²) < 4.78 is 0. The van der Waals surface area contributed by atoms with Gasteiger partial charge in [0.05, 0.1) is 6.07 Å². The van der Waals surface area contributed by atoms with Crippen molar-refractivity contribution >= 4 is 11.6 Å². The molecule has 1 aromatic carbocycles. The molecule has 1 atom stereocenters. The van der Waals surface area contributed by atoms with Crippen LogP contribution in [0.4, 0.5) is 5.69 Å². The van der Waals surface area contributed by atoms with Crippen molar-refractivity contribution in [2.45, 2.75) is 39.2 Å². The van der Waals surface area contributed by atoms with Crippen molar-refractivity contribution in [2.24, 2.45) is 5.41 Å². The van der Waals surface area contributed by atoms with E-state index in [9.17, 15) is 4.79 Å². The molecule has 1 unspecified atom stereocenters. The Hall–Kier alpha value is -1.86. The number of hydrogen-bond donors (Lipinski definition) is 2. The molecule has 1 aromatic rings. The normalized spacial score (nSPS) is 17.1. The molecule has 0 bridgehead atoms. The van der Waals surface area contributed by atoms with Crippen LogP contribution in [-0.2, 0) is 4.79 Å². The summed E-state index contributed by atoms with van der Waals surface area (Å²) in [5.41, 5.74) is 2.17. The van der Waals surface area contributed by atoms with E-state index >= 15 is 0 Å². The number of carbonyl (C=O) groups is 1. The Morgan fingerprint density at radius 1 is 1.50 bits per heavy atom. The number of rotatable bonds is 6. The van der Waals surface area contributed by atoms with E-state index in [1.807, 2.05) is 24.3 Å². The first-order valence-electron chi connectivity index (χ1n) is 7.03. The van der Waals surface area contributed by atoms with Crippen LogP contribution < -0.4 is 10.6 Å². The topological polar surface area (TPSA) is 64.9 Å². The smallest absolute Gasteiger partial charge is 0.221 e. The number of anilines is 1. The third-order valence-electron chi connectivity index (χ3n) is 3.90. The minimum atomic E-state index is -0.0614. The number of nitrogens with zero attached hydrogens (tertiary/aromatic N) is 1. The molecular weight excluding hydrogens is 250 g/mol. The maximum atomic E-state index is 11.1. The van der Waals surface area contributed by atoms with Crippen molar-refractivity contribution in [1.29, 1.82) is 5.26 Å². The average molecular weight is 271 g/mol. The monoisotopic (exact) mass is 271 g/mol. The van der Waals surface area contributed by atoms with E-state index in [0.29, 0.717) is 6.42 Å². The second kappa shape index (κ2) is 6.06. The molecule has 106 valence electrons. The van der Waals surface area contributed by atoms with Crippen LogP contribution in [0.2, 0.25) is 0 Å². The highest BCUT2D eigenvalue weighted by Gasteiger charge is 2.42. The fraction of sp³-hybridized carbons (Fsp3) is 0.500. The molecule has 2 N–H and O–H groups in total. The van der Waals surface area contributed by atoms with Crippen LogP contribution in [0.1, 0.15) is 44.7 Å². The van der Waals surface area contributed by atoms with Crippen molar-refractivity contribution in [2.75, 3.05) is 11.9 Å². The fourth-order valence-corrected chi connectivity index (χ4v) is 2.34. The van der Waals surface area contributed by atoms with E-state index < -0.39 is 0 Å². The van der Waals surface area contributed by atoms with Gasteiger partial charge in [-0.25, -0.2) is 0 Å². The molecule has 0 saturated heterocycles. The van der Waals surface area contributed by atoms with Gasteiger partial charge in [0.15, 0.2) is 0 Å². The number of benzene rings is 1. The van der Waals surface area contributed by atoms with Gasteiger partial charge in [-0.3, -0.25) is 4.79 Å². The first kappa shape index (κ1) is 14.5. The Balaban J connectivity index is 1.94. The Kier molecular flexibility index (Phi) is 4.41. The van der Waals surface area contributed by atoms with E-state index in [4.69, 9.17) is 5.26 Å². The third-order valence-corrected chi connectivity index (χ3v) is 3.90. The van der Waals surface area contributed by atoms with Crippen LogP contribution in [0.5, 0.6) is 0 Å². The van der Waals surface area contributed by atoms with Gasteiger partial charge in [0.1, 0.15) is 0 Å². The zero-order chi connectivity index (χ0) is 14.6. The molecular formula is C16H21N3O. The van der Waals surface area contributed by atoms with Crippen molar-refractivity contribution in [3.05, 3.63) is 29.8 Å². The minimum absolute atomic E-state index is 0.0614. The van der Waals surface area contributed by atoms with Gasteiger partial charge in [-0.2, -0.15) is 5.26 Å². The fourth-order valence-electron chi connectivity index (χ4n) is 2.34. The number of nitrogens with one attached hydrogen (secondary N) is 2. The molecule has 20 heavy (non-hydrogen) atoms. The molecule has 0 spiro atoms. The lowest BCUT2D eigenvalue weighted by Gasteiger charge is -2.19. The number of nitriles is 1. The SMILES string of the molecule is CC(=O)Nc1cccc(C(C)NCC2(CC#N)CC2)c1. The largest absolute Gasteiger partial charge is 0.326 e. The standard InChI is InChI=1S/C16H21N3O/c1-12(18-11-16(6-7-16)8-9-17)14-4-3-5-15(10-14)19-13(2)20/h3-5,10,12,18H,6-8,11H2,1-2H3,(H,19,20). The predicted octanol–water partition coefficient (Wildman–Crippen LogP) is 2.99. The van der Waals surface area contributed by atoms with Crippen LogP contribution in [0.15, 0.2) is 24.3 Å². The molecule has 1 amide bonds. The van der Waals surface area contributed by atoms with E-state index in [-0.39, 0.29) is 17.4 Å². The second-order valence-corrected chi connectivity index (χ2v) is 5.74. The van der Waals surface area contributed by atoms with Gasteiger partial charge in [0, 0.05) is 31.6 Å². The molecule has 1 saturated carbocycles. The van der Waals surface area contributed by atoms with Crippen molar-refractivity contribution < 1.29 is 4.79 Å². The molecule has 0 aliphatic heterocycles. The molecule has 4 heteroatoms. The maximum Gasteiger partial charge on any atom is 0.221 e. The highest BCUT2D eigenvalue weighted by Crippen LogP contribution is 2.48. The Morgan fingerprint density at radius 3 is 2.85 bits per heavy atom. The quantitative estimate of drug-likeness (QED) is 0.836. The highest BCUT2D eigenvalue weighted by molar-refractivity contribution is 5.88. The molecule has 2 rings (SSSR count). The summed E-state index contributed by atoms with van der Waals surface area (Å²) >= 11 is 0. The molecule has 1 aliphatic rings. The van der Waals surface area contributed by atoms with Crippen LogP contribution in [0, 0.1) is 16.7 Å². The van der Waals surface area contributed by atoms with Crippen molar-refractivity contribution in [3.63, 3.8) is 0 Å². The molecule has 1 aliphatic carbocycles. The lowest BCUT2D eigenvalue weighted by Crippen LogP contribution is -2.26. The first-order chi connectivity index (χ1) is 9.54. The third kappa shape index (κ3) is 3.82. The summed E-state index contributed by atoms with van der Waals surface area (Å²) in [6.45, 7) is 4.49. The Labute approximate surface area is 120 Å². The zero-order valence-electron chi connectivity index (χ0n) is 12.1. The maximum absolute atomic E-state index is 11.1. The van der Waals surface area contributed by atoms with E-state index in [2.05, 4.69) is 23.6 Å². The number of amides is 1. The second-order valence-electron chi connectivity index (χ2n) is 5.74.